The molecule has 2 aromatic carbocycles. The van der Waals surface area contributed by atoms with E-state index in [2.05, 4.69) is 20.9 Å². The summed E-state index contributed by atoms with van der Waals surface area (Å²) in [6.07, 6.45) is 3.67. The first-order chi connectivity index (χ1) is 15.5. The molecule has 0 spiro atoms. The third-order valence-corrected chi connectivity index (χ3v) is 5.46. The summed E-state index contributed by atoms with van der Waals surface area (Å²) < 4.78 is 15.3. The molecule has 2 heterocycles. The number of nitrogens with zero attached hydrogens (tertiary/aromatic N) is 4. The Balaban J connectivity index is 1.33. The van der Waals surface area contributed by atoms with E-state index in [0.717, 1.165) is 42.5 Å². The topological polar surface area (TPSA) is 85.9 Å². The molecule has 0 amide bonds. The van der Waals surface area contributed by atoms with E-state index in [4.69, 9.17) is 4.98 Å². The van der Waals surface area contributed by atoms with Crippen molar-refractivity contribution in [3.05, 3.63) is 82.4 Å². The molecule has 0 aliphatic heterocycles. The maximum atomic E-state index is 13.2. The summed E-state index contributed by atoms with van der Waals surface area (Å²) in [5.74, 6) is 0.947. The highest BCUT2D eigenvalue weighted by Gasteiger charge is 2.16. The number of fused-ring (bicyclic) bond motifs is 1. The maximum Gasteiger partial charge on any atom is 0.311 e. The molecule has 0 radical (unpaired) electrons. The van der Waals surface area contributed by atoms with Gasteiger partial charge in [-0.15, -0.1) is 0 Å². The van der Waals surface area contributed by atoms with Crippen LogP contribution in [0.2, 0.25) is 0 Å². The Labute approximate surface area is 185 Å². The minimum atomic E-state index is -0.449. The maximum absolute atomic E-state index is 13.2. The number of pyridine rings is 1. The zero-order chi connectivity index (χ0) is 22.5. The van der Waals surface area contributed by atoms with Crippen LogP contribution in [0.25, 0.3) is 22.3 Å². The van der Waals surface area contributed by atoms with Crippen molar-refractivity contribution in [2.45, 2.75) is 25.7 Å². The summed E-state index contributed by atoms with van der Waals surface area (Å²) in [7, 11) is 2.03. The van der Waals surface area contributed by atoms with Crippen LogP contribution in [-0.2, 0) is 13.5 Å². The Kier molecular flexibility index (Phi) is 6.39. The molecule has 4 rings (SSSR count). The van der Waals surface area contributed by atoms with Crippen molar-refractivity contribution < 1.29 is 9.31 Å². The summed E-state index contributed by atoms with van der Waals surface area (Å²) in [4.78, 5) is 20.0. The Morgan fingerprint density at radius 3 is 2.53 bits per heavy atom. The van der Waals surface area contributed by atoms with Gasteiger partial charge in [-0.2, -0.15) is 0 Å². The fraction of sp³-hybridized carbons (Fsp3) is 0.250. The van der Waals surface area contributed by atoms with Gasteiger partial charge in [0, 0.05) is 31.6 Å². The largest absolute Gasteiger partial charge is 0.364 e. The van der Waals surface area contributed by atoms with Crippen molar-refractivity contribution in [2.24, 2.45) is 7.05 Å². The Hall–Kier alpha value is -3.81. The Morgan fingerprint density at radius 2 is 1.78 bits per heavy atom. The zero-order valence-electron chi connectivity index (χ0n) is 17.8. The van der Waals surface area contributed by atoms with E-state index in [0.29, 0.717) is 17.8 Å². The summed E-state index contributed by atoms with van der Waals surface area (Å²) in [5, 5.41) is 14.5. The molecule has 0 unspecified atom stereocenters. The quantitative estimate of drug-likeness (QED) is 0.214. The van der Waals surface area contributed by atoms with Gasteiger partial charge in [0.2, 0.25) is 5.82 Å². The highest BCUT2D eigenvalue weighted by Crippen LogP contribution is 2.27. The van der Waals surface area contributed by atoms with Gasteiger partial charge in [-0.3, -0.25) is 10.1 Å². The minimum Gasteiger partial charge on any atom is -0.364 e. The molecule has 164 valence electrons. The van der Waals surface area contributed by atoms with Crippen LogP contribution in [0.5, 0.6) is 0 Å². The van der Waals surface area contributed by atoms with Crippen molar-refractivity contribution in [1.29, 1.82) is 0 Å². The van der Waals surface area contributed by atoms with Gasteiger partial charge in [0.05, 0.1) is 21.7 Å². The highest BCUT2D eigenvalue weighted by molar-refractivity contribution is 5.75. The number of hydrogen-bond acceptors (Lipinski definition) is 5. The molecule has 8 heteroatoms. The summed E-state index contributed by atoms with van der Waals surface area (Å²) in [5.41, 5.74) is 3.32. The van der Waals surface area contributed by atoms with Crippen molar-refractivity contribution in [1.82, 2.24) is 14.5 Å². The van der Waals surface area contributed by atoms with E-state index in [1.54, 1.807) is 18.2 Å². The lowest BCUT2D eigenvalue weighted by atomic mass is 10.1. The Morgan fingerprint density at radius 1 is 1.00 bits per heavy atom. The van der Waals surface area contributed by atoms with E-state index < -0.39 is 4.92 Å². The van der Waals surface area contributed by atoms with E-state index in [1.807, 2.05) is 25.2 Å². The summed E-state index contributed by atoms with van der Waals surface area (Å²) >= 11 is 0. The fourth-order valence-corrected chi connectivity index (χ4v) is 3.72. The van der Waals surface area contributed by atoms with Crippen LogP contribution in [-0.4, -0.2) is 26.0 Å². The highest BCUT2D eigenvalue weighted by atomic mass is 19.1. The molecule has 0 atom stereocenters. The predicted octanol–water partition coefficient (Wildman–Crippen LogP) is 5.51. The lowest BCUT2D eigenvalue weighted by Crippen LogP contribution is -2.07. The van der Waals surface area contributed by atoms with Crippen LogP contribution < -0.4 is 5.32 Å². The fourth-order valence-electron chi connectivity index (χ4n) is 3.72. The predicted molar refractivity (Wildman–Crippen MR) is 123 cm³/mol. The van der Waals surface area contributed by atoms with Gasteiger partial charge in [0.25, 0.3) is 0 Å². The number of aryl methyl sites for hydroxylation is 2. The van der Waals surface area contributed by atoms with E-state index in [9.17, 15) is 14.5 Å². The molecule has 2 aromatic heterocycles. The van der Waals surface area contributed by atoms with Gasteiger partial charge in [-0.1, -0.05) is 18.6 Å². The number of hydrogen-bond donors (Lipinski definition) is 1. The van der Waals surface area contributed by atoms with E-state index in [-0.39, 0.29) is 17.3 Å². The molecule has 0 bridgehead atoms. The monoisotopic (exact) mass is 433 g/mol. The first-order valence-corrected chi connectivity index (χ1v) is 10.6. The van der Waals surface area contributed by atoms with Gasteiger partial charge in [0.1, 0.15) is 11.6 Å². The Bertz CT molecular complexity index is 1240. The second kappa shape index (κ2) is 9.55. The van der Waals surface area contributed by atoms with Crippen LogP contribution in [0, 0.1) is 15.9 Å². The number of imidazole rings is 1. The standard InChI is InChI=1S/C24H24FN5O2/c1-29-21-8-5-4-7-20(21)27-23(29)9-3-2-6-16-26-24-22(30(31)32)15-14-19(28-24)17-10-12-18(25)13-11-17/h4-5,7-8,10-15H,2-3,6,9,16H2,1H3,(H,26,28). The molecule has 0 fully saturated rings. The number of rotatable bonds is 9. The second-order valence-electron chi connectivity index (χ2n) is 7.64. The smallest absolute Gasteiger partial charge is 0.311 e. The average Bonchev–Trinajstić information content (AvgIpc) is 3.12. The number of unbranched alkanes of at least 4 members (excludes halogenated alkanes) is 2. The number of benzene rings is 2. The lowest BCUT2D eigenvalue weighted by molar-refractivity contribution is -0.384. The molecular formula is C24H24FN5O2. The van der Waals surface area contributed by atoms with Gasteiger partial charge in [-0.25, -0.2) is 14.4 Å². The van der Waals surface area contributed by atoms with Crippen LogP contribution in [0.4, 0.5) is 15.9 Å². The molecule has 1 N–H and O–H groups in total. The molecule has 32 heavy (non-hydrogen) atoms. The van der Waals surface area contributed by atoms with Gasteiger partial charge in [0.15, 0.2) is 0 Å². The van der Waals surface area contributed by atoms with Gasteiger partial charge < -0.3 is 9.88 Å². The lowest BCUT2D eigenvalue weighted by Gasteiger charge is -2.09. The van der Waals surface area contributed by atoms with Crippen LogP contribution in [0.3, 0.4) is 0 Å². The first kappa shape index (κ1) is 21.4. The number of aromatic nitrogens is 3. The third-order valence-electron chi connectivity index (χ3n) is 5.46. The number of para-hydroxylation sites is 2. The van der Waals surface area contributed by atoms with Crippen molar-refractivity contribution in [3.8, 4) is 11.3 Å². The van der Waals surface area contributed by atoms with Crippen molar-refractivity contribution in [2.75, 3.05) is 11.9 Å². The van der Waals surface area contributed by atoms with Gasteiger partial charge in [-0.05, 0) is 55.3 Å². The third kappa shape index (κ3) is 4.74. The molecule has 7 nitrogen and oxygen atoms in total. The molecule has 0 aliphatic carbocycles. The average molecular weight is 433 g/mol. The van der Waals surface area contributed by atoms with Crippen LogP contribution in [0.15, 0.2) is 60.7 Å². The molecule has 0 aliphatic rings. The summed E-state index contributed by atoms with van der Waals surface area (Å²) in [6.45, 7) is 0.573. The second-order valence-corrected chi connectivity index (χ2v) is 7.64. The number of halogens is 1. The number of nitrogens with one attached hydrogen (secondary N) is 1. The molecule has 4 aromatic rings. The van der Waals surface area contributed by atoms with Crippen LogP contribution >= 0.6 is 0 Å². The van der Waals surface area contributed by atoms with E-state index in [1.165, 1.54) is 18.2 Å². The van der Waals surface area contributed by atoms with Crippen molar-refractivity contribution >= 4 is 22.5 Å². The summed E-state index contributed by atoms with van der Waals surface area (Å²) in [6, 6.07) is 17.0. The minimum absolute atomic E-state index is 0.0736. The molecule has 0 saturated heterocycles. The first-order valence-electron chi connectivity index (χ1n) is 10.6. The number of anilines is 1. The molecule has 0 saturated carbocycles. The van der Waals surface area contributed by atoms with Crippen LogP contribution in [0.1, 0.15) is 25.1 Å². The van der Waals surface area contributed by atoms with Gasteiger partial charge >= 0.3 is 5.69 Å². The van der Waals surface area contributed by atoms with Crippen molar-refractivity contribution in [3.63, 3.8) is 0 Å². The molecular weight excluding hydrogens is 409 g/mol. The van der Waals surface area contributed by atoms with E-state index >= 15 is 0 Å². The zero-order valence-corrected chi connectivity index (χ0v) is 17.8. The SMILES string of the molecule is Cn1c(CCCCCNc2nc(-c3ccc(F)cc3)ccc2[N+](=O)[O-])nc2ccccc21. The normalized spacial score (nSPS) is 11.1. The number of nitro groups is 1.